The average Bonchev–Trinajstić information content (AvgIpc) is 2.85. The van der Waals surface area contributed by atoms with Gasteiger partial charge in [-0.3, -0.25) is 0 Å². The topological polar surface area (TPSA) is 3.01 Å². The van der Waals surface area contributed by atoms with Crippen molar-refractivity contribution >= 4 is 27.3 Å². The van der Waals surface area contributed by atoms with Gasteiger partial charge in [-0.1, -0.05) is 84.6 Å². The molecule has 0 bridgehead atoms. The second-order valence-corrected chi connectivity index (χ2v) is 8.53. The average molecular weight is 423 g/mol. The summed E-state index contributed by atoms with van der Waals surface area (Å²) >= 11 is 1.84. The zero-order valence-corrected chi connectivity index (χ0v) is 19.0. The Balaban J connectivity index is 1.66. The van der Waals surface area contributed by atoms with E-state index in [9.17, 15) is 0 Å². The molecule has 154 valence electrons. The monoisotopic (exact) mass is 422 g/mol. The first-order valence-corrected chi connectivity index (χ1v) is 11.7. The Morgan fingerprint density at radius 2 is 1.13 bits per heavy atom. The lowest BCUT2D eigenvalue weighted by atomic mass is 10.0. The van der Waals surface area contributed by atoms with Crippen molar-refractivity contribution in [1.82, 2.24) is 0 Å². The number of benzene rings is 2. The molecule has 0 radical (unpaired) electrons. The third-order valence-electron chi connectivity index (χ3n) is 5.42. The molecule has 2 aromatic rings. The van der Waals surface area contributed by atoms with Gasteiger partial charge in [0.2, 0.25) is 0 Å². The van der Waals surface area contributed by atoms with Gasteiger partial charge in [0.1, 0.15) is 13.1 Å². The van der Waals surface area contributed by atoms with Gasteiger partial charge in [-0.2, -0.15) is 0 Å². The molecule has 1 aliphatic heterocycles. The van der Waals surface area contributed by atoms with Crippen molar-refractivity contribution in [3.8, 4) is 0 Å². The van der Waals surface area contributed by atoms with E-state index in [2.05, 4.69) is 128 Å². The molecule has 0 unspecified atom stereocenters. The normalized spacial score (nSPS) is 15.5. The van der Waals surface area contributed by atoms with E-state index in [1.54, 1.807) is 0 Å². The van der Waals surface area contributed by atoms with Gasteiger partial charge in [0.05, 0.1) is 0 Å². The summed E-state index contributed by atoms with van der Waals surface area (Å²) in [6, 6.07) is 21.3. The van der Waals surface area contributed by atoms with Gasteiger partial charge in [0, 0.05) is 22.0 Å². The molecule has 2 aliphatic rings. The van der Waals surface area contributed by atoms with E-state index in [4.69, 9.17) is 0 Å². The number of allylic oxidation sites excluding steroid dienone is 10. The third-order valence-corrected chi connectivity index (χ3v) is 6.57. The number of rotatable bonds is 5. The highest BCUT2D eigenvalue weighted by Gasteiger charge is 2.14. The van der Waals surface area contributed by atoms with Crippen molar-refractivity contribution in [2.45, 2.75) is 13.8 Å². The fourth-order valence-corrected chi connectivity index (χ4v) is 4.82. The van der Waals surface area contributed by atoms with Crippen LogP contribution in [-0.2, 0) is 0 Å². The Morgan fingerprint density at radius 1 is 0.645 bits per heavy atom. The molecule has 0 aromatic heterocycles. The van der Waals surface area contributed by atoms with Crippen molar-refractivity contribution in [1.29, 1.82) is 0 Å². The first-order chi connectivity index (χ1) is 15.3. The van der Waals surface area contributed by atoms with Crippen molar-refractivity contribution in [2.75, 3.05) is 13.1 Å². The summed E-state index contributed by atoms with van der Waals surface area (Å²) in [7, 11) is 0. The van der Waals surface area contributed by atoms with Crippen molar-refractivity contribution < 1.29 is 4.58 Å². The molecule has 0 spiro atoms. The van der Waals surface area contributed by atoms with Gasteiger partial charge in [0.15, 0.2) is 5.71 Å². The molecule has 4 rings (SSSR count). The minimum absolute atomic E-state index is 1.03. The molecule has 1 heterocycles. The van der Waals surface area contributed by atoms with Gasteiger partial charge >= 0.3 is 0 Å². The highest BCUT2D eigenvalue weighted by Crippen LogP contribution is 2.43. The smallest absolute Gasteiger partial charge is 0.199 e. The summed E-state index contributed by atoms with van der Waals surface area (Å²) in [6.07, 6.45) is 17.8. The van der Waals surface area contributed by atoms with Gasteiger partial charge in [-0.15, -0.1) is 0 Å². The number of thioether (sulfide) groups is 1. The van der Waals surface area contributed by atoms with E-state index >= 15 is 0 Å². The second kappa shape index (κ2) is 10.3. The summed E-state index contributed by atoms with van der Waals surface area (Å²) < 4.78 is 2.37. The predicted octanol–water partition coefficient (Wildman–Crippen LogP) is 7.29. The lowest BCUT2D eigenvalue weighted by molar-refractivity contribution is -0.519. The number of nitrogens with zero attached hydrogens (tertiary/aromatic N) is 1. The zero-order chi connectivity index (χ0) is 21.5. The standard InChI is InChI=1S/C29H28NS/c1-3-30(4-2)27-19-17-23(18-20-27)15-16-24-21-28(25-11-7-5-8-12-25)31-29(22-24)26-13-9-6-10-14-26/h5-22H,3-4H2,1-2H3/q+1. The first kappa shape index (κ1) is 21.1. The molecule has 0 atom stereocenters. The summed E-state index contributed by atoms with van der Waals surface area (Å²) in [5, 5.41) is 0. The van der Waals surface area contributed by atoms with Gasteiger partial charge < -0.3 is 0 Å². The Bertz CT molecular complexity index is 1060. The van der Waals surface area contributed by atoms with E-state index in [0.717, 1.165) is 13.1 Å². The fourth-order valence-electron chi connectivity index (χ4n) is 3.68. The maximum atomic E-state index is 2.37. The summed E-state index contributed by atoms with van der Waals surface area (Å²) in [5.41, 5.74) is 6.21. The van der Waals surface area contributed by atoms with E-state index < -0.39 is 0 Å². The number of hydrogen-bond acceptors (Lipinski definition) is 1. The predicted molar refractivity (Wildman–Crippen MR) is 137 cm³/mol. The molecule has 1 nitrogen and oxygen atoms in total. The zero-order valence-electron chi connectivity index (χ0n) is 18.2. The van der Waals surface area contributed by atoms with E-state index in [0.29, 0.717) is 0 Å². The molecule has 2 heteroatoms. The Morgan fingerprint density at radius 3 is 1.61 bits per heavy atom. The van der Waals surface area contributed by atoms with Crippen molar-refractivity contribution in [2.24, 2.45) is 0 Å². The minimum Gasteiger partial charge on any atom is -0.231 e. The molecule has 0 saturated carbocycles. The van der Waals surface area contributed by atoms with Gasteiger partial charge in [0.25, 0.3) is 0 Å². The molecule has 0 N–H and O–H groups in total. The van der Waals surface area contributed by atoms with Crippen LogP contribution < -0.4 is 0 Å². The third kappa shape index (κ3) is 5.34. The Labute approximate surface area is 190 Å². The Kier molecular flexibility index (Phi) is 7.01. The van der Waals surface area contributed by atoms with Gasteiger partial charge in [-0.05, 0) is 60.4 Å². The maximum Gasteiger partial charge on any atom is 0.199 e. The second-order valence-electron chi connectivity index (χ2n) is 7.45. The van der Waals surface area contributed by atoms with E-state index in [-0.39, 0.29) is 0 Å². The molecule has 2 aromatic carbocycles. The molecular formula is C29H28NS+. The lowest BCUT2D eigenvalue weighted by Gasteiger charge is -2.17. The van der Waals surface area contributed by atoms with Crippen LogP contribution in [0.4, 0.5) is 0 Å². The SMILES string of the molecule is CC[N+](CC)=C1C=CC(=CC=C2C=C(c3ccccc3)SC(c3ccccc3)=C2)C=C1. The van der Waals surface area contributed by atoms with E-state index in [1.807, 2.05) is 11.8 Å². The van der Waals surface area contributed by atoms with Crippen LogP contribution in [0, 0.1) is 0 Å². The highest BCUT2D eigenvalue weighted by atomic mass is 32.2. The quantitative estimate of drug-likeness (QED) is 0.457. The minimum atomic E-state index is 1.03. The van der Waals surface area contributed by atoms with Crippen molar-refractivity contribution in [3.63, 3.8) is 0 Å². The summed E-state index contributed by atoms with van der Waals surface area (Å²) in [5.74, 6) is 0. The Hall–Kier alpha value is -3.10. The molecule has 31 heavy (non-hydrogen) atoms. The van der Waals surface area contributed by atoms with Crippen LogP contribution in [0.15, 0.2) is 120 Å². The molecule has 0 fully saturated rings. The van der Waals surface area contributed by atoms with Crippen LogP contribution in [0.5, 0.6) is 0 Å². The number of hydrogen-bond donors (Lipinski definition) is 0. The van der Waals surface area contributed by atoms with Crippen LogP contribution >= 0.6 is 11.8 Å². The first-order valence-electron chi connectivity index (χ1n) is 10.9. The lowest BCUT2D eigenvalue weighted by Crippen LogP contribution is -2.18. The molecular weight excluding hydrogens is 394 g/mol. The van der Waals surface area contributed by atoms with Crippen LogP contribution in [0.1, 0.15) is 25.0 Å². The van der Waals surface area contributed by atoms with Crippen LogP contribution in [0.3, 0.4) is 0 Å². The fraction of sp³-hybridized carbons (Fsp3) is 0.138. The van der Waals surface area contributed by atoms with Crippen LogP contribution in [0.2, 0.25) is 0 Å². The van der Waals surface area contributed by atoms with Gasteiger partial charge in [-0.25, -0.2) is 4.58 Å². The molecule has 0 saturated heterocycles. The molecule has 1 aliphatic carbocycles. The van der Waals surface area contributed by atoms with E-state index in [1.165, 1.54) is 37.8 Å². The van der Waals surface area contributed by atoms with Crippen molar-refractivity contribution in [3.05, 3.63) is 132 Å². The maximum absolute atomic E-state index is 2.37. The van der Waals surface area contributed by atoms with Crippen LogP contribution in [0.25, 0.3) is 9.81 Å². The molecule has 0 amide bonds. The highest BCUT2D eigenvalue weighted by molar-refractivity contribution is 8.16. The summed E-state index contributed by atoms with van der Waals surface area (Å²) in [4.78, 5) is 2.55. The summed E-state index contributed by atoms with van der Waals surface area (Å²) in [6.45, 7) is 6.45. The van der Waals surface area contributed by atoms with Crippen LogP contribution in [-0.4, -0.2) is 23.4 Å². The largest absolute Gasteiger partial charge is 0.231 e.